The molecule has 20 heavy (non-hydrogen) atoms. The number of hydrogen-bond acceptors (Lipinski definition) is 2. The minimum Gasteiger partial charge on any atom is -0.486 e. The number of para-hydroxylation sites is 1. The second-order valence-corrected chi connectivity index (χ2v) is 4.37. The Kier molecular flexibility index (Phi) is 3.04. The summed E-state index contributed by atoms with van der Waals surface area (Å²) in [4.78, 5) is 0. The maximum Gasteiger partial charge on any atom is 0.417 e. The van der Waals surface area contributed by atoms with Crippen LogP contribution in [0, 0.1) is 0 Å². The van der Waals surface area contributed by atoms with Crippen molar-refractivity contribution in [3.8, 4) is 22.6 Å². The smallest absolute Gasteiger partial charge is 0.417 e. The number of alkyl halides is 3. The van der Waals surface area contributed by atoms with Crippen molar-refractivity contribution in [1.82, 2.24) is 0 Å². The van der Waals surface area contributed by atoms with Crippen LogP contribution in [-0.4, -0.2) is 13.2 Å². The summed E-state index contributed by atoms with van der Waals surface area (Å²) < 4.78 is 50.2. The lowest BCUT2D eigenvalue weighted by Gasteiger charge is -2.22. The molecule has 0 aromatic heterocycles. The largest absolute Gasteiger partial charge is 0.486 e. The monoisotopic (exact) mass is 280 g/mol. The lowest BCUT2D eigenvalue weighted by Crippen LogP contribution is -2.16. The van der Waals surface area contributed by atoms with Crippen LogP contribution in [0.4, 0.5) is 13.2 Å². The highest BCUT2D eigenvalue weighted by molar-refractivity contribution is 5.76. The Hall–Kier alpha value is -2.17. The van der Waals surface area contributed by atoms with Crippen molar-refractivity contribution in [3.63, 3.8) is 0 Å². The van der Waals surface area contributed by atoms with Crippen molar-refractivity contribution in [2.45, 2.75) is 6.18 Å². The molecule has 0 saturated heterocycles. The number of hydrogen-bond donors (Lipinski definition) is 0. The van der Waals surface area contributed by atoms with Crippen molar-refractivity contribution in [2.75, 3.05) is 13.2 Å². The van der Waals surface area contributed by atoms with E-state index < -0.39 is 11.7 Å². The average Bonchev–Trinajstić information content (AvgIpc) is 2.46. The molecular weight excluding hydrogens is 269 g/mol. The van der Waals surface area contributed by atoms with Gasteiger partial charge in [-0.25, -0.2) is 0 Å². The number of rotatable bonds is 1. The van der Waals surface area contributed by atoms with Gasteiger partial charge >= 0.3 is 6.18 Å². The zero-order valence-corrected chi connectivity index (χ0v) is 10.4. The zero-order chi connectivity index (χ0) is 14.2. The van der Waals surface area contributed by atoms with Gasteiger partial charge in [0.15, 0.2) is 11.5 Å². The number of halogens is 3. The normalized spacial score (nSPS) is 14.2. The van der Waals surface area contributed by atoms with Gasteiger partial charge in [-0.05, 0) is 17.7 Å². The molecule has 0 aliphatic carbocycles. The van der Waals surface area contributed by atoms with Gasteiger partial charge in [-0.3, -0.25) is 0 Å². The quantitative estimate of drug-likeness (QED) is 0.781. The third-order valence-corrected chi connectivity index (χ3v) is 3.09. The maximum atomic E-state index is 13.1. The Morgan fingerprint density at radius 1 is 0.800 bits per heavy atom. The van der Waals surface area contributed by atoms with Crippen LogP contribution in [0.2, 0.25) is 0 Å². The molecule has 1 aliphatic heterocycles. The first-order valence-corrected chi connectivity index (χ1v) is 6.12. The molecule has 0 fully saturated rings. The highest BCUT2D eigenvalue weighted by Gasteiger charge is 2.34. The van der Waals surface area contributed by atoms with Crippen molar-refractivity contribution in [1.29, 1.82) is 0 Å². The van der Waals surface area contributed by atoms with E-state index in [9.17, 15) is 13.2 Å². The second-order valence-electron chi connectivity index (χ2n) is 4.37. The molecule has 104 valence electrons. The first-order chi connectivity index (χ1) is 9.57. The summed E-state index contributed by atoms with van der Waals surface area (Å²) in [5.74, 6) is 0.848. The third-order valence-electron chi connectivity index (χ3n) is 3.09. The van der Waals surface area contributed by atoms with E-state index in [-0.39, 0.29) is 5.56 Å². The van der Waals surface area contributed by atoms with E-state index in [1.807, 2.05) is 0 Å². The van der Waals surface area contributed by atoms with Gasteiger partial charge in [-0.2, -0.15) is 13.2 Å². The van der Waals surface area contributed by atoms with Crippen LogP contribution in [0.25, 0.3) is 11.1 Å². The minimum atomic E-state index is -4.41. The van der Waals surface area contributed by atoms with Gasteiger partial charge in [-0.1, -0.05) is 30.3 Å². The Bertz CT molecular complexity index is 635. The summed E-state index contributed by atoms with van der Waals surface area (Å²) in [6.07, 6.45) is -4.41. The zero-order valence-electron chi connectivity index (χ0n) is 10.4. The van der Waals surface area contributed by atoms with Crippen LogP contribution in [-0.2, 0) is 6.18 Å². The summed E-state index contributed by atoms with van der Waals surface area (Å²) in [5.41, 5.74) is -0.181. The molecule has 3 rings (SSSR count). The molecule has 0 spiro atoms. The molecule has 5 heteroatoms. The predicted molar refractivity (Wildman–Crippen MR) is 67.9 cm³/mol. The van der Waals surface area contributed by atoms with Crippen LogP contribution >= 0.6 is 0 Å². The Morgan fingerprint density at radius 2 is 1.50 bits per heavy atom. The van der Waals surface area contributed by atoms with E-state index in [1.165, 1.54) is 12.1 Å². The summed E-state index contributed by atoms with van der Waals surface area (Å²) in [6, 6.07) is 10.4. The van der Waals surface area contributed by atoms with E-state index in [1.54, 1.807) is 24.3 Å². The lowest BCUT2D eigenvalue weighted by atomic mass is 9.98. The number of fused-ring (bicyclic) bond motifs is 1. The summed E-state index contributed by atoms with van der Waals surface area (Å²) in [6.45, 7) is 0.732. The van der Waals surface area contributed by atoms with Crippen molar-refractivity contribution < 1.29 is 22.6 Å². The summed E-state index contributed by atoms with van der Waals surface area (Å²) in [5, 5.41) is 0. The van der Waals surface area contributed by atoms with Crippen molar-refractivity contribution >= 4 is 0 Å². The van der Waals surface area contributed by atoms with Gasteiger partial charge in [0, 0.05) is 5.56 Å². The fourth-order valence-electron chi connectivity index (χ4n) is 2.25. The molecule has 0 atom stereocenters. The van der Waals surface area contributed by atoms with E-state index in [0.717, 1.165) is 6.07 Å². The fraction of sp³-hybridized carbons (Fsp3) is 0.200. The van der Waals surface area contributed by atoms with Crippen molar-refractivity contribution in [2.24, 2.45) is 0 Å². The SMILES string of the molecule is FC(F)(F)c1ccccc1-c1cccc2c1OCCO2. The van der Waals surface area contributed by atoms with Crippen LogP contribution in [0.5, 0.6) is 11.5 Å². The molecular formula is C15H11F3O2. The molecule has 0 radical (unpaired) electrons. The molecule has 0 amide bonds. The minimum absolute atomic E-state index is 0.0994. The molecule has 0 unspecified atom stereocenters. The Labute approximate surface area is 113 Å². The molecule has 0 bridgehead atoms. The maximum absolute atomic E-state index is 13.1. The van der Waals surface area contributed by atoms with Gasteiger partial charge in [0.25, 0.3) is 0 Å². The average molecular weight is 280 g/mol. The highest BCUT2D eigenvalue weighted by atomic mass is 19.4. The van der Waals surface area contributed by atoms with E-state index >= 15 is 0 Å². The predicted octanol–water partition coefficient (Wildman–Crippen LogP) is 4.14. The van der Waals surface area contributed by atoms with Crippen LogP contribution in [0.15, 0.2) is 42.5 Å². The van der Waals surface area contributed by atoms with Gasteiger partial charge in [0.1, 0.15) is 13.2 Å². The van der Waals surface area contributed by atoms with E-state index in [4.69, 9.17) is 9.47 Å². The molecule has 1 aliphatic rings. The molecule has 1 heterocycles. The van der Waals surface area contributed by atoms with Gasteiger partial charge in [0.05, 0.1) is 5.56 Å². The van der Waals surface area contributed by atoms with Gasteiger partial charge in [0.2, 0.25) is 0 Å². The Balaban J connectivity index is 2.20. The number of ether oxygens (including phenoxy) is 2. The number of benzene rings is 2. The fourth-order valence-corrected chi connectivity index (χ4v) is 2.25. The first kappa shape index (κ1) is 12.8. The molecule has 0 N–H and O–H groups in total. The Morgan fingerprint density at radius 3 is 2.30 bits per heavy atom. The van der Waals surface area contributed by atoms with Crippen LogP contribution in [0.3, 0.4) is 0 Å². The molecule has 2 aromatic carbocycles. The van der Waals surface area contributed by atoms with Crippen LogP contribution < -0.4 is 9.47 Å². The third kappa shape index (κ3) is 2.19. The highest BCUT2D eigenvalue weighted by Crippen LogP contribution is 2.44. The molecule has 0 saturated carbocycles. The van der Waals surface area contributed by atoms with Crippen molar-refractivity contribution in [3.05, 3.63) is 48.0 Å². The second kappa shape index (κ2) is 4.74. The summed E-state index contributed by atoms with van der Waals surface area (Å²) >= 11 is 0. The molecule has 2 aromatic rings. The van der Waals surface area contributed by atoms with Gasteiger partial charge < -0.3 is 9.47 Å². The lowest BCUT2D eigenvalue weighted by molar-refractivity contribution is -0.137. The summed E-state index contributed by atoms with van der Waals surface area (Å²) in [7, 11) is 0. The molecule has 2 nitrogen and oxygen atoms in total. The van der Waals surface area contributed by atoms with E-state index in [2.05, 4.69) is 0 Å². The van der Waals surface area contributed by atoms with E-state index in [0.29, 0.717) is 30.3 Å². The first-order valence-electron chi connectivity index (χ1n) is 6.12. The standard InChI is InChI=1S/C15H11F3O2/c16-15(17,18)12-6-2-1-4-10(12)11-5-3-7-13-14(11)20-9-8-19-13/h1-7H,8-9H2. The van der Waals surface area contributed by atoms with Gasteiger partial charge in [-0.15, -0.1) is 0 Å². The van der Waals surface area contributed by atoms with Crippen LogP contribution in [0.1, 0.15) is 5.56 Å². The topological polar surface area (TPSA) is 18.5 Å².